The number of hydrogen-bond acceptors (Lipinski definition) is 3. The molecule has 0 spiro atoms. The lowest BCUT2D eigenvalue weighted by molar-refractivity contribution is -0.111. The minimum Gasteiger partial charge on any atom is -0.371 e. The summed E-state index contributed by atoms with van der Waals surface area (Å²) in [6.45, 7) is 2.00. The van der Waals surface area contributed by atoms with Crippen molar-refractivity contribution in [3.05, 3.63) is 24.3 Å². The molecular weight excluding hydrogens is 218 g/mol. The van der Waals surface area contributed by atoms with E-state index in [4.69, 9.17) is 0 Å². The molecule has 2 rings (SSSR count). The zero-order chi connectivity index (χ0) is 11.4. The van der Waals surface area contributed by atoms with Gasteiger partial charge in [0.25, 0.3) is 0 Å². The number of benzene rings is 1. The average Bonchev–Trinajstić information content (AvgIpc) is 2.39. The Morgan fingerprint density at radius 3 is 2.38 bits per heavy atom. The van der Waals surface area contributed by atoms with Gasteiger partial charge >= 0.3 is 0 Å². The third kappa shape index (κ3) is 2.59. The predicted octanol–water partition coefficient (Wildman–Crippen LogP) is 2.82. The fourth-order valence-electron chi connectivity index (χ4n) is 2.09. The summed E-state index contributed by atoms with van der Waals surface area (Å²) in [4.78, 5) is 14.3. The molecule has 2 nitrogen and oxygen atoms in total. The summed E-state index contributed by atoms with van der Waals surface area (Å²) >= 11 is 1.76. The maximum Gasteiger partial charge on any atom is 0.123 e. The number of carbonyl (C=O) groups excluding carboxylic acids is 1. The topological polar surface area (TPSA) is 20.3 Å². The Bertz CT molecular complexity index is 341. The number of hydrogen-bond donors (Lipinski definition) is 0. The number of thioether (sulfide) groups is 1. The van der Waals surface area contributed by atoms with Gasteiger partial charge in [-0.25, -0.2) is 0 Å². The van der Waals surface area contributed by atoms with Crippen molar-refractivity contribution in [3.8, 4) is 0 Å². The molecule has 0 aliphatic carbocycles. The number of rotatable bonds is 3. The molecule has 0 aromatic heterocycles. The molecule has 0 bridgehead atoms. The van der Waals surface area contributed by atoms with Crippen molar-refractivity contribution in [1.82, 2.24) is 0 Å². The predicted molar refractivity (Wildman–Crippen MR) is 69.2 cm³/mol. The van der Waals surface area contributed by atoms with Gasteiger partial charge in [0.05, 0.1) is 0 Å². The lowest BCUT2D eigenvalue weighted by Gasteiger charge is -2.31. The third-order valence-corrected chi connectivity index (χ3v) is 3.91. The van der Waals surface area contributed by atoms with Crippen molar-refractivity contribution in [2.75, 3.05) is 24.2 Å². The molecule has 0 unspecified atom stereocenters. The van der Waals surface area contributed by atoms with E-state index in [1.165, 1.54) is 10.6 Å². The largest absolute Gasteiger partial charge is 0.371 e. The molecule has 0 amide bonds. The maximum absolute atomic E-state index is 10.7. The zero-order valence-corrected chi connectivity index (χ0v) is 10.4. The maximum atomic E-state index is 10.7. The molecule has 1 aliphatic heterocycles. The molecule has 3 heteroatoms. The number of piperidine rings is 1. The van der Waals surface area contributed by atoms with E-state index >= 15 is 0 Å². The van der Waals surface area contributed by atoms with Crippen LogP contribution < -0.4 is 4.90 Å². The molecule has 1 heterocycles. The second-order valence-corrected chi connectivity index (χ2v) is 5.04. The molecule has 1 aromatic carbocycles. The van der Waals surface area contributed by atoms with E-state index in [2.05, 4.69) is 35.4 Å². The number of anilines is 1. The first-order valence-corrected chi connectivity index (χ1v) is 6.90. The van der Waals surface area contributed by atoms with Crippen LogP contribution >= 0.6 is 11.8 Å². The van der Waals surface area contributed by atoms with E-state index in [-0.39, 0.29) is 5.92 Å². The molecule has 1 saturated heterocycles. The van der Waals surface area contributed by atoms with Gasteiger partial charge in [-0.05, 0) is 43.4 Å². The standard InChI is InChI=1S/C13H17NOS/c1-16-13-4-2-12(3-5-13)14-8-6-11(10-15)7-9-14/h2-5,10-11H,6-9H2,1H3. The highest BCUT2D eigenvalue weighted by Crippen LogP contribution is 2.24. The van der Waals surface area contributed by atoms with Gasteiger partial charge in [-0.15, -0.1) is 11.8 Å². The van der Waals surface area contributed by atoms with Gasteiger partial charge in [0.1, 0.15) is 6.29 Å². The van der Waals surface area contributed by atoms with E-state index in [1.54, 1.807) is 11.8 Å². The molecule has 86 valence electrons. The van der Waals surface area contributed by atoms with Crippen molar-refractivity contribution >= 4 is 23.7 Å². The molecule has 1 aromatic rings. The van der Waals surface area contributed by atoms with Crippen LogP contribution in [0.3, 0.4) is 0 Å². The van der Waals surface area contributed by atoms with Crippen molar-refractivity contribution in [3.63, 3.8) is 0 Å². The van der Waals surface area contributed by atoms with Gasteiger partial charge in [-0.1, -0.05) is 0 Å². The summed E-state index contributed by atoms with van der Waals surface area (Å²) in [7, 11) is 0. The van der Waals surface area contributed by atoms with Crippen molar-refractivity contribution < 1.29 is 4.79 Å². The number of carbonyl (C=O) groups is 1. The Hall–Kier alpha value is -0.960. The van der Waals surface area contributed by atoms with Crippen LogP contribution in [-0.2, 0) is 4.79 Å². The molecule has 0 radical (unpaired) electrons. The highest BCUT2D eigenvalue weighted by Gasteiger charge is 2.18. The number of aldehydes is 1. The summed E-state index contributed by atoms with van der Waals surface area (Å²) < 4.78 is 0. The Kier molecular flexibility index (Phi) is 3.88. The first-order chi connectivity index (χ1) is 7.83. The van der Waals surface area contributed by atoms with Gasteiger partial charge in [-0.2, -0.15) is 0 Å². The van der Waals surface area contributed by atoms with Crippen LogP contribution in [-0.4, -0.2) is 25.6 Å². The second kappa shape index (κ2) is 5.39. The van der Waals surface area contributed by atoms with Gasteiger partial charge in [-0.3, -0.25) is 0 Å². The Morgan fingerprint density at radius 1 is 1.25 bits per heavy atom. The van der Waals surface area contributed by atoms with Crippen molar-refractivity contribution in [1.29, 1.82) is 0 Å². The van der Waals surface area contributed by atoms with E-state index in [0.29, 0.717) is 0 Å². The highest BCUT2D eigenvalue weighted by molar-refractivity contribution is 7.98. The number of nitrogens with zero attached hydrogens (tertiary/aromatic N) is 1. The van der Waals surface area contributed by atoms with Gasteiger partial charge in [0.2, 0.25) is 0 Å². The van der Waals surface area contributed by atoms with E-state index < -0.39 is 0 Å². The first-order valence-electron chi connectivity index (χ1n) is 5.68. The normalized spacial score (nSPS) is 17.4. The molecular formula is C13H17NOS. The summed E-state index contributed by atoms with van der Waals surface area (Å²) in [6, 6.07) is 8.66. The summed E-state index contributed by atoms with van der Waals surface area (Å²) in [5.74, 6) is 0.279. The van der Waals surface area contributed by atoms with E-state index in [9.17, 15) is 4.79 Å². The third-order valence-electron chi connectivity index (χ3n) is 3.17. The smallest absolute Gasteiger partial charge is 0.123 e. The Labute approximate surface area is 101 Å². The molecule has 1 fully saturated rings. The van der Waals surface area contributed by atoms with Gasteiger partial charge < -0.3 is 9.69 Å². The zero-order valence-electron chi connectivity index (χ0n) is 9.56. The van der Waals surface area contributed by atoms with E-state index in [1.807, 2.05) is 0 Å². The fourth-order valence-corrected chi connectivity index (χ4v) is 2.50. The van der Waals surface area contributed by atoms with Crippen LogP contribution in [0.15, 0.2) is 29.2 Å². The molecule has 0 atom stereocenters. The molecule has 16 heavy (non-hydrogen) atoms. The molecule has 1 aliphatic rings. The minimum atomic E-state index is 0.279. The minimum absolute atomic E-state index is 0.279. The molecule has 0 saturated carbocycles. The summed E-state index contributed by atoms with van der Waals surface area (Å²) in [5.41, 5.74) is 1.28. The second-order valence-electron chi connectivity index (χ2n) is 4.16. The van der Waals surface area contributed by atoms with Crippen LogP contribution in [0.4, 0.5) is 5.69 Å². The van der Waals surface area contributed by atoms with Gasteiger partial charge in [0, 0.05) is 29.6 Å². The SMILES string of the molecule is CSc1ccc(N2CCC(C=O)CC2)cc1. The monoisotopic (exact) mass is 235 g/mol. The summed E-state index contributed by atoms with van der Waals surface area (Å²) in [6.07, 6.45) is 5.18. The van der Waals surface area contributed by atoms with Crippen LogP contribution in [0.25, 0.3) is 0 Å². The average molecular weight is 235 g/mol. The summed E-state index contributed by atoms with van der Waals surface area (Å²) in [5, 5.41) is 0. The van der Waals surface area contributed by atoms with E-state index in [0.717, 1.165) is 32.2 Å². The quantitative estimate of drug-likeness (QED) is 0.593. The van der Waals surface area contributed by atoms with Crippen molar-refractivity contribution in [2.24, 2.45) is 5.92 Å². The fraction of sp³-hybridized carbons (Fsp3) is 0.462. The highest BCUT2D eigenvalue weighted by atomic mass is 32.2. The lowest BCUT2D eigenvalue weighted by atomic mass is 9.98. The molecule has 0 N–H and O–H groups in total. The first kappa shape index (κ1) is 11.5. The van der Waals surface area contributed by atoms with Crippen LogP contribution in [0, 0.1) is 5.92 Å². The Balaban J connectivity index is 1.99. The van der Waals surface area contributed by atoms with Crippen molar-refractivity contribution in [2.45, 2.75) is 17.7 Å². The Morgan fingerprint density at radius 2 is 1.88 bits per heavy atom. The lowest BCUT2D eigenvalue weighted by Crippen LogP contribution is -2.33. The van der Waals surface area contributed by atoms with Crippen LogP contribution in [0.1, 0.15) is 12.8 Å². The van der Waals surface area contributed by atoms with Crippen LogP contribution in [0.5, 0.6) is 0 Å². The van der Waals surface area contributed by atoms with Crippen LogP contribution in [0.2, 0.25) is 0 Å². The van der Waals surface area contributed by atoms with Gasteiger partial charge in [0.15, 0.2) is 0 Å².